The van der Waals surface area contributed by atoms with Crippen LogP contribution in [0.1, 0.15) is 12.5 Å². The highest BCUT2D eigenvalue weighted by atomic mass is 32.2. The second-order valence-corrected chi connectivity index (χ2v) is 4.64. The van der Waals surface area contributed by atoms with Gasteiger partial charge < -0.3 is 14.6 Å². The first-order chi connectivity index (χ1) is 8.98. The lowest BCUT2D eigenvalue weighted by molar-refractivity contribution is -0.0329. The summed E-state index contributed by atoms with van der Waals surface area (Å²) in [4.78, 5) is 0. The van der Waals surface area contributed by atoms with Gasteiger partial charge in [0, 0.05) is 11.3 Å². The largest absolute Gasteiger partial charge is 0.490 e. The first kappa shape index (κ1) is 16.0. The van der Waals surface area contributed by atoms with Crippen LogP contribution in [0, 0.1) is 0 Å². The van der Waals surface area contributed by atoms with E-state index in [1.165, 1.54) is 0 Å². The lowest BCUT2D eigenvalue weighted by atomic mass is 10.2. The molecule has 0 radical (unpaired) electrons. The van der Waals surface area contributed by atoms with Crippen molar-refractivity contribution in [2.45, 2.75) is 19.0 Å². The summed E-state index contributed by atoms with van der Waals surface area (Å²) in [7, 11) is 0. The van der Waals surface area contributed by atoms with Crippen molar-refractivity contribution in [3.63, 3.8) is 0 Å². The van der Waals surface area contributed by atoms with Gasteiger partial charge in [0.1, 0.15) is 0 Å². The van der Waals surface area contributed by atoms with Gasteiger partial charge in [-0.1, -0.05) is 12.1 Å². The minimum Gasteiger partial charge on any atom is -0.490 e. The lowest BCUT2D eigenvalue weighted by Crippen LogP contribution is -2.09. The molecule has 0 unspecified atom stereocenters. The molecule has 0 bridgehead atoms. The Morgan fingerprint density at radius 1 is 1.26 bits per heavy atom. The molecule has 3 nitrogen and oxygen atoms in total. The van der Waals surface area contributed by atoms with E-state index in [0.717, 1.165) is 0 Å². The summed E-state index contributed by atoms with van der Waals surface area (Å²) in [5, 5.41) is 9.18. The number of hydrogen-bond acceptors (Lipinski definition) is 4. The van der Waals surface area contributed by atoms with Crippen LogP contribution >= 0.6 is 11.8 Å². The van der Waals surface area contributed by atoms with Crippen LogP contribution in [0.2, 0.25) is 0 Å². The second-order valence-electron chi connectivity index (χ2n) is 3.48. The molecule has 1 N–H and O–H groups in total. The molecule has 0 heterocycles. The van der Waals surface area contributed by atoms with Crippen molar-refractivity contribution in [1.82, 2.24) is 0 Å². The Morgan fingerprint density at radius 2 is 2.00 bits per heavy atom. The molecular formula is C12H15F3O3S. The average molecular weight is 296 g/mol. The van der Waals surface area contributed by atoms with E-state index in [1.54, 1.807) is 25.1 Å². The van der Waals surface area contributed by atoms with E-state index >= 15 is 0 Å². The zero-order valence-electron chi connectivity index (χ0n) is 10.4. The van der Waals surface area contributed by atoms with Crippen LogP contribution in [-0.2, 0) is 6.61 Å². The first-order valence-corrected chi connectivity index (χ1v) is 6.65. The zero-order chi connectivity index (χ0) is 14.3. The molecule has 0 fully saturated rings. The lowest BCUT2D eigenvalue weighted by Gasteiger charge is -2.15. The molecule has 0 saturated carbocycles. The number of aliphatic hydroxyl groups is 1. The Kier molecular flexibility index (Phi) is 6.30. The van der Waals surface area contributed by atoms with E-state index in [0.29, 0.717) is 23.7 Å². The Labute approximate surface area is 113 Å². The van der Waals surface area contributed by atoms with Crippen molar-refractivity contribution < 1.29 is 27.8 Å². The summed E-state index contributed by atoms with van der Waals surface area (Å²) in [6.45, 7) is 1.82. The van der Waals surface area contributed by atoms with Crippen molar-refractivity contribution >= 4 is 11.8 Å². The number of benzene rings is 1. The van der Waals surface area contributed by atoms with Crippen LogP contribution in [0.4, 0.5) is 13.2 Å². The van der Waals surface area contributed by atoms with Crippen LogP contribution in [0.5, 0.6) is 11.5 Å². The smallest absolute Gasteiger partial charge is 0.441 e. The molecule has 0 aliphatic heterocycles. The van der Waals surface area contributed by atoms with E-state index in [4.69, 9.17) is 9.47 Å². The maximum atomic E-state index is 12.0. The van der Waals surface area contributed by atoms with Gasteiger partial charge in [-0.25, -0.2) is 0 Å². The molecule has 0 atom stereocenters. The van der Waals surface area contributed by atoms with Gasteiger partial charge >= 0.3 is 5.51 Å². The summed E-state index contributed by atoms with van der Waals surface area (Å²) >= 11 is -0.143. The fourth-order valence-corrected chi connectivity index (χ4v) is 1.82. The molecule has 1 aromatic rings. The standard InChI is InChI=1S/C12H15F3O3S/c1-2-17-10-5-3-4-9(8-16)11(10)18-6-7-19-12(13,14)15/h3-5,16H,2,6-8H2,1H3. The van der Waals surface area contributed by atoms with Gasteiger partial charge in [-0.3, -0.25) is 0 Å². The molecule has 7 heteroatoms. The van der Waals surface area contributed by atoms with Gasteiger partial charge in [-0.15, -0.1) is 0 Å². The zero-order valence-corrected chi connectivity index (χ0v) is 11.2. The molecule has 0 aliphatic rings. The van der Waals surface area contributed by atoms with Gasteiger partial charge in [0.25, 0.3) is 0 Å². The van der Waals surface area contributed by atoms with Crippen LogP contribution < -0.4 is 9.47 Å². The minimum absolute atomic E-state index is 0.110. The normalized spacial score (nSPS) is 11.4. The number of halogens is 3. The van der Waals surface area contributed by atoms with Crippen molar-refractivity contribution in [2.75, 3.05) is 19.0 Å². The monoisotopic (exact) mass is 296 g/mol. The van der Waals surface area contributed by atoms with Gasteiger partial charge in [0.15, 0.2) is 11.5 Å². The summed E-state index contributed by atoms with van der Waals surface area (Å²) in [5.74, 6) is 0.509. The Balaban J connectivity index is 2.64. The average Bonchev–Trinajstić information content (AvgIpc) is 2.35. The van der Waals surface area contributed by atoms with Crippen molar-refractivity contribution in [1.29, 1.82) is 0 Å². The van der Waals surface area contributed by atoms with E-state index in [2.05, 4.69) is 0 Å². The molecule has 1 aromatic carbocycles. The van der Waals surface area contributed by atoms with E-state index in [1.807, 2.05) is 0 Å². The summed E-state index contributed by atoms with van der Waals surface area (Å²) < 4.78 is 46.5. The molecule has 0 spiro atoms. The van der Waals surface area contributed by atoms with Crippen molar-refractivity contribution in [3.05, 3.63) is 23.8 Å². The van der Waals surface area contributed by atoms with Crippen LogP contribution in [-0.4, -0.2) is 29.6 Å². The quantitative estimate of drug-likeness (QED) is 0.784. The van der Waals surface area contributed by atoms with E-state index in [-0.39, 0.29) is 30.7 Å². The van der Waals surface area contributed by atoms with Gasteiger partial charge in [-0.2, -0.15) is 13.2 Å². The van der Waals surface area contributed by atoms with Gasteiger partial charge in [0.05, 0.1) is 19.8 Å². The third-order valence-electron chi connectivity index (χ3n) is 2.13. The molecule has 19 heavy (non-hydrogen) atoms. The number of para-hydroxylation sites is 1. The molecule has 0 aliphatic carbocycles. The fraction of sp³-hybridized carbons (Fsp3) is 0.500. The number of ether oxygens (including phenoxy) is 2. The minimum atomic E-state index is -4.26. The maximum Gasteiger partial charge on any atom is 0.441 e. The molecule has 0 amide bonds. The summed E-state index contributed by atoms with van der Waals surface area (Å²) in [5.41, 5.74) is -3.77. The molecule has 1 rings (SSSR count). The van der Waals surface area contributed by atoms with Gasteiger partial charge in [-0.05, 0) is 24.8 Å². The Bertz CT molecular complexity index is 396. The highest BCUT2D eigenvalue weighted by molar-refractivity contribution is 8.00. The molecule has 0 aromatic heterocycles. The maximum absolute atomic E-state index is 12.0. The van der Waals surface area contributed by atoms with Crippen molar-refractivity contribution in [3.8, 4) is 11.5 Å². The van der Waals surface area contributed by atoms with Crippen LogP contribution in [0.25, 0.3) is 0 Å². The fourth-order valence-electron chi connectivity index (χ4n) is 1.42. The number of aliphatic hydroxyl groups excluding tert-OH is 1. The van der Waals surface area contributed by atoms with Gasteiger partial charge in [0.2, 0.25) is 0 Å². The third-order valence-corrected chi connectivity index (χ3v) is 2.82. The summed E-state index contributed by atoms with van der Waals surface area (Å²) in [6, 6.07) is 4.97. The SMILES string of the molecule is CCOc1cccc(CO)c1OCCSC(F)(F)F. The second kappa shape index (κ2) is 7.49. The number of thioether (sulfide) groups is 1. The van der Waals surface area contributed by atoms with Crippen molar-refractivity contribution in [2.24, 2.45) is 0 Å². The van der Waals surface area contributed by atoms with Crippen LogP contribution in [0.3, 0.4) is 0 Å². The first-order valence-electron chi connectivity index (χ1n) is 5.67. The van der Waals surface area contributed by atoms with E-state index in [9.17, 15) is 18.3 Å². The molecule has 0 saturated heterocycles. The number of alkyl halides is 3. The topological polar surface area (TPSA) is 38.7 Å². The number of rotatable bonds is 7. The predicted molar refractivity (Wildman–Crippen MR) is 67.5 cm³/mol. The highest BCUT2D eigenvalue weighted by Crippen LogP contribution is 2.33. The molecular weight excluding hydrogens is 281 g/mol. The Hall–Kier alpha value is -1.08. The van der Waals surface area contributed by atoms with Crippen LogP contribution in [0.15, 0.2) is 18.2 Å². The predicted octanol–water partition coefficient (Wildman–Crippen LogP) is 3.21. The van der Waals surface area contributed by atoms with E-state index < -0.39 is 5.51 Å². The number of hydrogen-bond donors (Lipinski definition) is 1. The highest BCUT2D eigenvalue weighted by Gasteiger charge is 2.27. The Morgan fingerprint density at radius 3 is 2.58 bits per heavy atom. The third kappa shape index (κ3) is 5.61. The molecule has 108 valence electrons. The summed E-state index contributed by atoms with van der Waals surface area (Å²) in [6.07, 6.45) is 0.